The number of fused-ring (bicyclic) bond motifs is 1. The predicted molar refractivity (Wildman–Crippen MR) is 91.5 cm³/mol. The zero-order valence-electron chi connectivity index (χ0n) is 13.5. The summed E-state index contributed by atoms with van der Waals surface area (Å²) in [7, 11) is 0. The first-order chi connectivity index (χ1) is 12.6. The van der Waals surface area contributed by atoms with Gasteiger partial charge in [-0.05, 0) is 30.3 Å². The fourth-order valence-corrected chi connectivity index (χ4v) is 2.74. The molecule has 0 spiro atoms. The highest BCUT2D eigenvalue weighted by atomic mass is 19.1. The maximum atomic E-state index is 14.2. The number of benzene rings is 2. The van der Waals surface area contributed by atoms with Gasteiger partial charge in [-0.15, -0.1) is 5.10 Å². The number of nitrogens with zero attached hydrogens (tertiary/aromatic N) is 3. The second-order valence-corrected chi connectivity index (χ2v) is 5.64. The van der Waals surface area contributed by atoms with Gasteiger partial charge in [-0.3, -0.25) is 4.57 Å². The lowest BCUT2D eigenvalue weighted by Gasteiger charge is -2.04. The molecule has 0 fully saturated rings. The molecule has 0 aliphatic rings. The molecule has 0 amide bonds. The molecule has 0 atom stereocenters. The number of rotatable bonds is 5. The summed E-state index contributed by atoms with van der Waals surface area (Å²) in [5, 5.41) is 4.72. The maximum absolute atomic E-state index is 14.2. The van der Waals surface area contributed by atoms with Crippen LogP contribution in [0.5, 0.6) is 5.88 Å². The van der Waals surface area contributed by atoms with E-state index < -0.39 is 11.6 Å². The minimum Gasteiger partial charge on any atom is -0.474 e. The van der Waals surface area contributed by atoms with Gasteiger partial charge in [0.25, 0.3) is 0 Å². The molecule has 6 nitrogen and oxygen atoms in total. The molecule has 0 radical (unpaired) electrons. The maximum Gasteiger partial charge on any atom is 0.325 e. The third-order valence-electron chi connectivity index (χ3n) is 3.98. The summed E-state index contributed by atoms with van der Waals surface area (Å²) in [5.41, 5.74) is 0.507. The Labute approximate surface area is 146 Å². The van der Waals surface area contributed by atoms with Crippen molar-refractivity contribution in [2.75, 3.05) is 6.61 Å². The Hall–Kier alpha value is -3.42. The zero-order chi connectivity index (χ0) is 18.1. The van der Waals surface area contributed by atoms with Crippen molar-refractivity contribution in [1.82, 2.24) is 19.3 Å². The van der Waals surface area contributed by atoms with Crippen LogP contribution in [-0.2, 0) is 6.54 Å². The Balaban J connectivity index is 1.70. The topological polar surface area (TPSA) is 64.8 Å². The van der Waals surface area contributed by atoms with Gasteiger partial charge in [-0.1, -0.05) is 12.1 Å². The number of imidazole rings is 1. The van der Waals surface area contributed by atoms with Crippen LogP contribution >= 0.6 is 0 Å². The smallest absolute Gasteiger partial charge is 0.325 e. The number of hydrogen-bond donors (Lipinski definition) is 1. The average Bonchev–Trinajstić information content (AvgIpc) is 3.19. The fraction of sp³-hybridized carbons (Fsp3) is 0.111. The standard InChI is InChI=1S/C18H14F2N4O2/c19-12-5-6-15-13(11-12)17(26-10-9-23-8-7-21-18(23)25)22-24(15)16-4-2-1-3-14(16)20/h1-8,11H,9-10H2,(H,21,25). The van der Waals surface area contributed by atoms with Crippen LogP contribution in [-0.4, -0.2) is 25.9 Å². The van der Waals surface area contributed by atoms with Crippen molar-refractivity contribution in [2.45, 2.75) is 6.54 Å². The van der Waals surface area contributed by atoms with Gasteiger partial charge < -0.3 is 9.72 Å². The third kappa shape index (κ3) is 2.85. The molecule has 2 heterocycles. The van der Waals surface area contributed by atoms with Gasteiger partial charge in [-0.2, -0.15) is 0 Å². The monoisotopic (exact) mass is 356 g/mol. The van der Waals surface area contributed by atoms with Gasteiger partial charge in [0.15, 0.2) is 0 Å². The van der Waals surface area contributed by atoms with Crippen LogP contribution < -0.4 is 10.4 Å². The Morgan fingerprint density at radius 3 is 2.77 bits per heavy atom. The molecule has 132 valence electrons. The molecule has 0 unspecified atom stereocenters. The molecule has 0 saturated heterocycles. The van der Waals surface area contributed by atoms with Gasteiger partial charge in [0.05, 0.1) is 17.4 Å². The summed E-state index contributed by atoms with van der Waals surface area (Å²) >= 11 is 0. The van der Waals surface area contributed by atoms with E-state index in [0.29, 0.717) is 17.4 Å². The van der Waals surface area contributed by atoms with E-state index in [1.165, 1.54) is 39.7 Å². The second-order valence-electron chi connectivity index (χ2n) is 5.64. The molecular formula is C18H14F2N4O2. The zero-order valence-corrected chi connectivity index (χ0v) is 13.5. The first-order valence-corrected chi connectivity index (χ1v) is 7.93. The van der Waals surface area contributed by atoms with Gasteiger partial charge in [0.2, 0.25) is 5.88 Å². The molecule has 1 N–H and O–H groups in total. The van der Waals surface area contributed by atoms with Crippen LogP contribution in [0.25, 0.3) is 16.6 Å². The summed E-state index contributed by atoms with van der Waals surface area (Å²) in [6.45, 7) is 0.448. The molecule has 0 bridgehead atoms. The minimum atomic E-state index is -0.452. The first-order valence-electron chi connectivity index (χ1n) is 7.93. The Kier molecular flexibility index (Phi) is 4.00. The largest absolute Gasteiger partial charge is 0.474 e. The highest BCUT2D eigenvalue weighted by molar-refractivity contribution is 5.86. The molecular weight excluding hydrogens is 342 g/mol. The molecule has 8 heteroatoms. The van der Waals surface area contributed by atoms with Gasteiger partial charge in [0.1, 0.15) is 23.9 Å². The number of hydrogen-bond acceptors (Lipinski definition) is 3. The average molecular weight is 356 g/mol. The summed E-state index contributed by atoms with van der Waals surface area (Å²) < 4.78 is 36.3. The first kappa shape index (κ1) is 16.1. The van der Waals surface area contributed by atoms with Crippen molar-refractivity contribution in [3.05, 3.63) is 77.0 Å². The molecule has 4 rings (SSSR count). The van der Waals surface area contributed by atoms with Crippen molar-refractivity contribution in [2.24, 2.45) is 0 Å². The van der Waals surface area contributed by atoms with Crippen LogP contribution in [0.1, 0.15) is 0 Å². The molecule has 2 aromatic heterocycles. The van der Waals surface area contributed by atoms with Crippen LogP contribution in [0.2, 0.25) is 0 Å². The van der Waals surface area contributed by atoms with E-state index in [-0.39, 0.29) is 23.9 Å². The van der Waals surface area contributed by atoms with E-state index in [1.54, 1.807) is 24.4 Å². The summed E-state index contributed by atoms with van der Waals surface area (Å²) in [6, 6.07) is 10.3. The molecule has 26 heavy (non-hydrogen) atoms. The number of aromatic amines is 1. The molecule has 0 saturated carbocycles. The van der Waals surface area contributed by atoms with Crippen LogP contribution in [0, 0.1) is 11.6 Å². The lowest BCUT2D eigenvalue weighted by molar-refractivity contribution is 0.287. The molecule has 0 aliphatic heterocycles. The number of para-hydroxylation sites is 1. The van der Waals surface area contributed by atoms with E-state index in [9.17, 15) is 13.6 Å². The van der Waals surface area contributed by atoms with Crippen LogP contribution in [0.3, 0.4) is 0 Å². The molecule has 4 aromatic rings. The van der Waals surface area contributed by atoms with E-state index >= 15 is 0 Å². The van der Waals surface area contributed by atoms with E-state index in [0.717, 1.165) is 0 Å². The highest BCUT2D eigenvalue weighted by Gasteiger charge is 2.16. The van der Waals surface area contributed by atoms with Crippen LogP contribution in [0.15, 0.2) is 59.7 Å². The minimum absolute atomic E-state index is 0.150. The Bertz CT molecular complexity index is 1130. The van der Waals surface area contributed by atoms with E-state index in [4.69, 9.17) is 4.74 Å². The summed E-state index contributed by atoms with van der Waals surface area (Å²) in [6.07, 6.45) is 3.13. The molecule has 2 aromatic carbocycles. The Morgan fingerprint density at radius 2 is 2.00 bits per heavy atom. The van der Waals surface area contributed by atoms with Gasteiger partial charge in [-0.25, -0.2) is 18.3 Å². The lowest BCUT2D eigenvalue weighted by atomic mass is 10.2. The van der Waals surface area contributed by atoms with E-state index in [1.807, 2.05) is 0 Å². The fourth-order valence-electron chi connectivity index (χ4n) is 2.74. The Morgan fingerprint density at radius 1 is 1.15 bits per heavy atom. The predicted octanol–water partition coefficient (Wildman–Crippen LogP) is 2.87. The van der Waals surface area contributed by atoms with Crippen LogP contribution in [0.4, 0.5) is 8.78 Å². The van der Waals surface area contributed by atoms with Gasteiger partial charge in [0, 0.05) is 12.4 Å². The lowest BCUT2D eigenvalue weighted by Crippen LogP contribution is -2.20. The molecule has 0 aliphatic carbocycles. The highest BCUT2D eigenvalue weighted by Crippen LogP contribution is 2.29. The van der Waals surface area contributed by atoms with Crippen molar-refractivity contribution in [3.8, 4) is 11.6 Å². The number of H-pyrrole nitrogens is 1. The van der Waals surface area contributed by atoms with Crippen molar-refractivity contribution in [3.63, 3.8) is 0 Å². The third-order valence-corrected chi connectivity index (χ3v) is 3.98. The number of aromatic nitrogens is 4. The van der Waals surface area contributed by atoms with Crippen molar-refractivity contribution < 1.29 is 13.5 Å². The van der Waals surface area contributed by atoms with Crippen molar-refractivity contribution >= 4 is 10.9 Å². The van der Waals surface area contributed by atoms with Gasteiger partial charge >= 0.3 is 5.69 Å². The second kappa shape index (κ2) is 6.47. The van der Waals surface area contributed by atoms with E-state index in [2.05, 4.69) is 10.1 Å². The van der Waals surface area contributed by atoms with Crippen molar-refractivity contribution in [1.29, 1.82) is 0 Å². The number of nitrogens with one attached hydrogen (secondary N) is 1. The number of halogens is 2. The quantitative estimate of drug-likeness (QED) is 0.598. The number of ether oxygens (including phenoxy) is 1. The summed E-state index contributed by atoms with van der Waals surface area (Å²) in [4.78, 5) is 14.0. The normalized spacial score (nSPS) is 11.2. The summed E-state index contributed by atoms with van der Waals surface area (Å²) in [5.74, 6) is -0.727. The SMILES string of the molecule is O=c1[nH]ccn1CCOc1nn(-c2ccccc2F)c2ccc(F)cc12.